The number of benzene rings is 1. The average Bonchev–Trinajstić information content (AvgIpc) is 2.53. The quantitative estimate of drug-likeness (QED) is 0.830. The van der Waals surface area contributed by atoms with Crippen LogP contribution in [0.15, 0.2) is 18.2 Å². The number of rotatable bonds is 6. The van der Waals surface area contributed by atoms with Gasteiger partial charge in [0.25, 0.3) is 5.91 Å². The molecule has 1 aliphatic rings. The van der Waals surface area contributed by atoms with Crippen molar-refractivity contribution >= 4 is 11.6 Å². The van der Waals surface area contributed by atoms with Crippen LogP contribution in [0.1, 0.15) is 52.0 Å². The zero-order valence-corrected chi connectivity index (χ0v) is 15.6. The van der Waals surface area contributed by atoms with Gasteiger partial charge in [-0.3, -0.25) is 4.79 Å². The fourth-order valence-corrected chi connectivity index (χ4v) is 3.38. The van der Waals surface area contributed by atoms with E-state index in [-0.39, 0.29) is 5.91 Å². The summed E-state index contributed by atoms with van der Waals surface area (Å²) in [4.78, 5) is 12.8. The number of carbonyl (C=O) groups is 1. The van der Waals surface area contributed by atoms with Gasteiger partial charge >= 0.3 is 0 Å². The highest BCUT2D eigenvalue weighted by molar-refractivity contribution is 5.97. The van der Waals surface area contributed by atoms with Crippen LogP contribution in [-0.2, 0) is 9.53 Å². The number of amides is 1. The highest BCUT2D eigenvalue weighted by Crippen LogP contribution is 2.36. The molecule has 0 saturated heterocycles. The molecule has 1 amide bonds. The molecule has 0 aliphatic heterocycles. The standard InChI is InChI=1S/C20H31NO3/c1-14(2)13-24-18-9-8-17(11-16(18)4)21-19(22)20(23-5)10-6-7-15(3)12-20/h8-9,11,14-15H,6-7,10,12-13H2,1-5H3,(H,21,22)/t15-,20+/m1/s1. The van der Waals surface area contributed by atoms with Gasteiger partial charge in [0.05, 0.1) is 6.61 Å². The fourth-order valence-electron chi connectivity index (χ4n) is 3.38. The Morgan fingerprint density at radius 1 is 1.42 bits per heavy atom. The molecule has 0 unspecified atom stereocenters. The summed E-state index contributed by atoms with van der Waals surface area (Å²) in [7, 11) is 1.64. The van der Waals surface area contributed by atoms with E-state index < -0.39 is 5.60 Å². The van der Waals surface area contributed by atoms with Crippen molar-refractivity contribution in [3.63, 3.8) is 0 Å². The second-order valence-corrected chi connectivity index (χ2v) is 7.54. The molecule has 0 spiro atoms. The summed E-state index contributed by atoms with van der Waals surface area (Å²) < 4.78 is 11.5. The Morgan fingerprint density at radius 2 is 2.17 bits per heavy atom. The lowest BCUT2D eigenvalue weighted by molar-refractivity contribution is -0.143. The van der Waals surface area contributed by atoms with Gasteiger partial charge in [-0.1, -0.05) is 27.2 Å². The largest absolute Gasteiger partial charge is 0.493 e. The van der Waals surface area contributed by atoms with Gasteiger partial charge < -0.3 is 14.8 Å². The van der Waals surface area contributed by atoms with E-state index in [9.17, 15) is 4.79 Å². The minimum Gasteiger partial charge on any atom is -0.493 e. The van der Waals surface area contributed by atoms with Gasteiger partial charge in [-0.05, 0) is 61.8 Å². The molecule has 2 rings (SSSR count). The van der Waals surface area contributed by atoms with E-state index in [2.05, 4.69) is 26.1 Å². The summed E-state index contributed by atoms with van der Waals surface area (Å²) in [6, 6.07) is 5.79. The summed E-state index contributed by atoms with van der Waals surface area (Å²) in [6.45, 7) is 9.13. The van der Waals surface area contributed by atoms with Crippen LogP contribution in [0.2, 0.25) is 0 Å². The van der Waals surface area contributed by atoms with Crippen molar-refractivity contribution in [3.05, 3.63) is 23.8 Å². The second-order valence-electron chi connectivity index (χ2n) is 7.54. The maximum Gasteiger partial charge on any atom is 0.256 e. The maximum atomic E-state index is 12.8. The van der Waals surface area contributed by atoms with E-state index >= 15 is 0 Å². The Labute approximate surface area is 145 Å². The lowest BCUT2D eigenvalue weighted by Gasteiger charge is -2.37. The number of ether oxygens (including phenoxy) is 2. The van der Waals surface area contributed by atoms with Gasteiger partial charge in [0.2, 0.25) is 0 Å². The highest BCUT2D eigenvalue weighted by Gasteiger charge is 2.42. The van der Waals surface area contributed by atoms with E-state index in [1.165, 1.54) is 6.42 Å². The Hall–Kier alpha value is -1.55. The molecule has 1 aliphatic carbocycles. The zero-order chi connectivity index (χ0) is 17.7. The predicted molar refractivity (Wildman–Crippen MR) is 97.5 cm³/mol. The third kappa shape index (κ3) is 4.50. The van der Waals surface area contributed by atoms with Crippen LogP contribution in [0.3, 0.4) is 0 Å². The molecule has 4 nitrogen and oxygen atoms in total. The monoisotopic (exact) mass is 333 g/mol. The lowest BCUT2D eigenvalue weighted by atomic mass is 9.78. The van der Waals surface area contributed by atoms with Gasteiger partial charge in [-0.2, -0.15) is 0 Å². The Kier molecular flexibility index (Phi) is 6.27. The van der Waals surface area contributed by atoms with Crippen molar-refractivity contribution in [2.24, 2.45) is 11.8 Å². The van der Waals surface area contributed by atoms with E-state index in [0.717, 1.165) is 36.3 Å². The first-order chi connectivity index (χ1) is 11.4. The van der Waals surface area contributed by atoms with Crippen molar-refractivity contribution in [2.75, 3.05) is 19.0 Å². The van der Waals surface area contributed by atoms with E-state index in [1.807, 2.05) is 25.1 Å². The third-order valence-corrected chi connectivity index (χ3v) is 4.77. The van der Waals surface area contributed by atoms with Crippen molar-refractivity contribution < 1.29 is 14.3 Å². The molecule has 1 aromatic rings. The van der Waals surface area contributed by atoms with Crippen LogP contribution in [0, 0.1) is 18.8 Å². The molecule has 0 aromatic heterocycles. The molecule has 2 atom stereocenters. The predicted octanol–water partition coefficient (Wildman–Crippen LogP) is 4.56. The molecule has 24 heavy (non-hydrogen) atoms. The smallest absolute Gasteiger partial charge is 0.256 e. The summed E-state index contributed by atoms with van der Waals surface area (Å²) in [5.74, 6) is 1.83. The summed E-state index contributed by atoms with van der Waals surface area (Å²) in [5, 5.41) is 3.04. The fraction of sp³-hybridized carbons (Fsp3) is 0.650. The van der Waals surface area contributed by atoms with Gasteiger partial charge in [-0.25, -0.2) is 0 Å². The SMILES string of the molecule is CO[C@@]1(C(=O)Nc2ccc(OCC(C)C)c(C)c2)CCC[C@@H](C)C1. The van der Waals surface area contributed by atoms with E-state index in [1.54, 1.807) is 7.11 Å². The molecule has 4 heteroatoms. The normalized spacial score (nSPS) is 24.0. The van der Waals surface area contributed by atoms with Gasteiger partial charge in [0.15, 0.2) is 0 Å². The number of hydrogen-bond acceptors (Lipinski definition) is 3. The molecule has 1 fully saturated rings. The van der Waals surface area contributed by atoms with Crippen LogP contribution >= 0.6 is 0 Å². The number of methoxy groups -OCH3 is 1. The summed E-state index contributed by atoms with van der Waals surface area (Å²) in [5.41, 5.74) is 1.12. The Balaban J connectivity index is 2.07. The van der Waals surface area contributed by atoms with Crippen LogP contribution < -0.4 is 10.1 Å². The molecule has 0 bridgehead atoms. The van der Waals surface area contributed by atoms with Gasteiger partial charge in [0, 0.05) is 12.8 Å². The minimum absolute atomic E-state index is 0.0354. The zero-order valence-electron chi connectivity index (χ0n) is 15.6. The first kappa shape index (κ1) is 18.8. The van der Waals surface area contributed by atoms with Crippen molar-refractivity contribution in [1.82, 2.24) is 0 Å². The summed E-state index contributed by atoms with van der Waals surface area (Å²) in [6.07, 6.45) is 3.76. The Bertz CT molecular complexity index is 570. The maximum absolute atomic E-state index is 12.8. The van der Waals surface area contributed by atoms with Gasteiger partial charge in [0.1, 0.15) is 11.4 Å². The van der Waals surface area contributed by atoms with Crippen LogP contribution in [-0.4, -0.2) is 25.2 Å². The highest BCUT2D eigenvalue weighted by atomic mass is 16.5. The molecule has 0 radical (unpaired) electrons. The number of anilines is 1. The first-order valence-corrected chi connectivity index (χ1v) is 8.96. The lowest BCUT2D eigenvalue weighted by Crippen LogP contribution is -2.47. The molecule has 1 aromatic carbocycles. The molecular formula is C20H31NO3. The topological polar surface area (TPSA) is 47.6 Å². The summed E-state index contributed by atoms with van der Waals surface area (Å²) >= 11 is 0. The minimum atomic E-state index is -0.696. The number of carbonyl (C=O) groups excluding carboxylic acids is 1. The molecule has 0 heterocycles. The molecule has 1 N–H and O–H groups in total. The molecular weight excluding hydrogens is 302 g/mol. The van der Waals surface area contributed by atoms with Crippen LogP contribution in [0.25, 0.3) is 0 Å². The number of hydrogen-bond donors (Lipinski definition) is 1. The van der Waals surface area contributed by atoms with E-state index in [0.29, 0.717) is 18.4 Å². The second kappa shape index (κ2) is 8.02. The third-order valence-electron chi connectivity index (χ3n) is 4.77. The molecule has 134 valence electrons. The van der Waals surface area contributed by atoms with Crippen molar-refractivity contribution in [3.8, 4) is 5.75 Å². The van der Waals surface area contributed by atoms with E-state index in [4.69, 9.17) is 9.47 Å². The van der Waals surface area contributed by atoms with Crippen molar-refractivity contribution in [1.29, 1.82) is 0 Å². The van der Waals surface area contributed by atoms with Gasteiger partial charge in [-0.15, -0.1) is 0 Å². The van der Waals surface area contributed by atoms with Crippen LogP contribution in [0.4, 0.5) is 5.69 Å². The molecule has 1 saturated carbocycles. The average molecular weight is 333 g/mol. The Morgan fingerprint density at radius 3 is 2.75 bits per heavy atom. The number of nitrogens with one attached hydrogen (secondary N) is 1. The number of aryl methyl sites for hydroxylation is 1. The van der Waals surface area contributed by atoms with Crippen LogP contribution in [0.5, 0.6) is 5.75 Å². The van der Waals surface area contributed by atoms with Crippen molar-refractivity contribution in [2.45, 2.75) is 59.0 Å². The first-order valence-electron chi connectivity index (χ1n) is 8.96.